The Morgan fingerprint density at radius 1 is 1.58 bits per heavy atom. The van der Waals surface area contributed by atoms with Crippen molar-refractivity contribution in [2.45, 2.75) is 26.9 Å². The molecule has 0 fully saturated rings. The molecule has 0 saturated heterocycles. The minimum absolute atomic E-state index is 0.340. The first-order chi connectivity index (χ1) is 5.59. The Balaban J connectivity index is 2.80. The predicted molar refractivity (Wildman–Crippen MR) is 54.4 cm³/mol. The molecule has 1 N–H and O–H groups in total. The minimum Gasteiger partial charge on any atom is -0.389 e. The van der Waals surface area contributed by atoms with Gasteiger partial charge in [0.05, 0.1) is 6.10 Å². The molecule has 1 rings (SSSR count). The van der Waals surface area contributed by atoms with Crippen LogP contribution < -0.4 is 0 Å². The highest BCUT2D eigenvalue weighted by Gasteiger charge is 1.99. The van der Waals surface area contributed by atoms with Crippen molar-refractivity contribution in [1.82, 2.24) is 0 Å². The van der Waals surface area contributed by atoms with Crippen molar-refractivity contribution >= 4 is 17.4 Å². The molecule has 0 radical (unpaired) electrons. The van der Waals surface area contributed by atoms with Crippen LogP contribution in [-0.4, -0.2) is 11.2 Å². The zero-order valence-electron chi connectivity index (χ0n) is 7.66. The highest BCUT2D eigenvalue weighted by atomic mass is 32.1. The van der Waals surface area contributed by atoms with E-state index in [9.17, 15) is 5.11 Å². The largest absolute Gasteiger partial charge is 0.389 e. The third-order valence-electron chi connectivity index (χ3n) is 1.79. The Bertz CT molecular complexity index is 284. The molecule has 1 atom stereocenters. The van der Waals surface area contributed by atoms with Crippen molar-refractivity contribution in [3.05, 3.63) is 27.5 Å². The second-order valence-corrected chi connectivity index (χ2v) is 4.33. The zero-order valence-corrected chi connectivity index (χ0v) is 8.48. The van der Waals surface area contributed by atoms with Crippen molar-refractivity contribution in [2.75, 3.05) is 0 Å². The van der Waals surface area contributed by atoms with Crippen LogP contribution in [0.25, 0.3) is 6.08 Å². The maximum atomic E-state index is 9.23. The van der Waals surface area contributed by atoms with Crippen LogP contribution >= 0.6 is 11.3 Å². The van der Waals surface area contributed by atoms with E-state index in [1.54, 1.807) is 18.3 Å². The number of hydrogen-bond donors (Lipinski definition) is 1. The quantitative estimate of drug-likeness (QED) is 0.745. The lowest BCUT2D eigenvalue weighted by molar-refractivity contribution is 0.232. The van der Waals surface area contributed by atoms with E-state index in [4.69, 9.17) is 0 Å². The molecule has 0 bridgehead atoms. The van der Waals surface area contributed by atoms with Crippen LogP contribution in [0.5, 0.6) is 0 Å². The Kier molecular flexibility index (Phi) is 3.06. The molecule has 1 nitrogen and oxygen atoms in total. The van der Waals surface area contributed by atoms with E-state index in [0.717, 1.165) is 5.57 Å². The first kappa shape index (κ1) is 9.49. The van der Waals surface area contributed by atoms with Gasteiger partial charge in [0, 0.05) is 9.75 Å². The molecule has 0 aromatic carbocycles. The van der Waals surface area contributed by atoms with E-state index >= 15 is 0 Å². The molecule has 66 valence electrons. The van der Waals surface area contributed by atoms with Gasteiger partial charge in [0.25, 0.3) is 0 Å². The number of aliphatic hydroxyl groups excluding tert-OH is 1. The summed E-state index contributed by atoms with van der Waals surface area (Å²) in [5, 5.41) is 9.23. The maximum absolute atomic E-state index is 9.23. The number of thiophene rings is 1. The van der Waals surface area contributed by atoms with Crippen LogP contribution in [0.2, 0.25) is 0 Å². The Hall–Kier alpha value is -0.600. The fourth-order valence-corrected chi connectivity index (χ4v) is 1.76. The SMILES string of the molecule is C/C(=C\c1ccc(C)s1)C(C)O. The summed E-state index contributed by atoms with van der Waals surface area (Å²) < 4.78 is 0. The van der Waals surface area contributed by atoms with Gasteiger partial charge >= 0.3 is 0 Å². The van der Waals surface area contributed by atoms with Gasteiger partial charge in [-0.15, -0.1) is 11.3 Å². The van der Waals surface area contributed by atoms with E-state index in [1.165, 1.54) is 9.75 Å². The molecule has 0 aliphatic heterocycles. The van der Waals surface area contributed by atoms with Gasteiger partial charge in [0.2, 0.25) is 0 Å². The Labute approximate surface area is 77.4 Å². The molecular weight excluding hydrogens is 168 g/mol. The first-order valence-corrected chi connectivity index (χ1v) is 4.84. The first-order valence-electron chi connectivity index (χ1n) is 4.02. The zero-order chi connectivity index (χ0) is 9.14. The maximum Gasteiger partial charge on any atom is 0.0722 e. The molecule has 12 heavy (non-hydrogen) atoms. The molecule has 0 aliphatic carbocycles. The van der Waals surface area contributed by atoms with Crippen LogP contribution in [0.3, 0.4) is 0 Å². The molecule has 1 aromatic rings. The number of rotatable bonds is 2. The summed E-state index contributed by atoms with van der Waals surface area (Å²) in [5.74, 6) is 0. The molecule has 0 amide bonds. The summed E-state index contributed by atoms with van der Waals surface area (Å²) in [6.07, 6.45) is 1.69. The highest BCUT2D eigenvalue weighted by Crippen LogP contribution is 2.18. The van der Waals surface area contributed by atoms with E-state index < -0.39 is 0 Å². The average Bonchev–Trinajstić information content (AvgIpc) is 2.35. The molecule has 0 saturated carbocycles. The third kappa shape index (κ3) is 2.47. The monoisotopic (exact) mass is 182 g/mol. The number of aryl methyl sites for hydroxylation is 1. The predicted octanol–water partition coefficient (Wildman–Crippen LogP) is 2.84. The summed E-state index contributed by atoms with van der Waals surface area (Å²) in [7, 11) is 0. The topological polar surface area (TPSA) is 20.2 Å². The summed E-state index contributed by atoms with van der Waals surface area (Å²) >= 11 is 1.75. The average molecular weight is 182 g/mol. The van der Waals surface area contributed by atoms with Gasteiger partial charge in [-0.1, -0.05) is 0 Å². The summed E-state index contributed by atoms with van der Waals surface area (Å²) in [4.78, 5) is 2.52. The Morgan fingerprint density at radius 3 is 2.67 bits per heavy atom. The van der Waals surface area contributed by atoms with E-state index in [1.807, 2.05) is 13.0 Å². The van der Waals surface area contributed by atoms with Gasteiger partial charge in [0.1, 0.15) is 0 Å². The summed E-state index contributed by atoms with van der Waals surface area (Å²) in [6, 6.07) is 4.16. The van der Waals surface area contributed by atoms with Crippen LogP contribution in [0.4, 0.5) is 0 Å². The molecule has 2 heteroatoms. The molecule has 0 spiro atoms. The van der Waals surface area contributed by atoms with Crippen LogP contribution in [-0.2, 0) is 0 Å². The molecule has 1 unspecified atom stereocenters. The lowest BCUT2D eigenvalue weighted by Gasteiger charge is -2.01. The van der Waals surface area contributed by atoms with Gasteiger partial charge in [-0.05, 0) is 44.6 Å². The van der Waals surface area contributed by atoms with Gasteiger partial charge < -0.3 is 5.11 Å². The van der Waals surface area contributed by atoms with Crippen molar-refractivity contribution in [1.29, 1.82) is 0 Å². The number of aliphatic hydroxyl groups is 1. The second kappa shape index (κ2) is 3.87. The van der Waals surface area contributed by atoms with Gasteiger partial charge in [-0.2, -0.15) is 0 Å². The smallest absolute Gasteiger partial charge is 0.0722 e. The van der Waals surface area contributed by atoms with Gasteiger partial charge in [-0.25, -0.2) is 0 Å². The fourth-order valence-electron chi connectivity index (χ4n) is 0.876. The van der Waals surface area contributed by atoms with Crippen LogP contribution in [0, 0.1) is 6.92 Å². The van der Waals surface area contributed by atoms with Crippen molar-refractivity contribution < 1.29 is 5.11 Å². The summed E-state index contributed by atoms with van der Waals surface area (Å²) in [5.41, 5.74) is 1.01. The van der Waals surface area contributed by atoms with Crippen molar-refractivity contribution in [2.24, 2.45) is 0 Å². The molecular formula is C10H14OS. The van der Waals surface area contributed by atoms with Crippen molar-refractivity contribution in [3.63, 3.8) is 0 Å². The molecule has 1 heterocycles. The van der Waals surface area contributed by atoms with Crippen molar-refractivity contribution in [3.8, 4) is 0 Å². The number of hydrogen-bond acceptors (Lipinski definition) is 2. The second-order valence-electron chi connectivity index (χ2n) is 3.01. The van der Waals surface area contributed by atoms with E-state index in [2.05, 4.69) is 19.1 Å². The highest BCUT2D eigenvalue weighted by molar-refractivity contribution is 7.12. The standard InChI is InChI=1S/C10H14OS/c1-7(9(3)11)6-10-5-4-8(2)12-10/h4-6,9,11H,1-3H3/b7-6+. The molecule has 1 aromatic heterocycles. The van der Waals surface area contributed by atoms with Gasteiger partial charge in [-0.3, -0.25) is 0 Å². The fraction of sp³-hybridized carbons (Fsp3) is 0.400. The lowest BCUT2D eigenvalue weighted by Crippen LogP contribution is -1.99. The lowest BCUT2D eigenvalue weighted by atomic mass is 10.2. The van der Waals surface area contributed by atoms with Crippen LogP contribution in [0.1, 0.15) is 23.6 Å². The Morgan fingerprint density at radius 2 is 2.25 bits per heavy atom. The van der Waals surface area contributed by atoms with Crippen LogP contribution in [0.15, 0.2) is 17.7 Å². The molecule has 0 aliphatic rings. The minimum atomic E-state index is -0.340. The normalized spacial score (nSPS) is 14.8. The van der Waals surface area contributed by atoms with Gasteiger partial charge in [0.15, 0.2) is 0 Å². The van der Waals surface area contributed by atoms with E-state index in [0.29, 0.717) is 0 Å². The third-order valence-corrected chi connectivity index (χ3v) is 2.74. The summed E-state index contributed by atoms with van der Waals surface area (Å²) in [6.45, 7) is 5.81. The van der Waals surface area contributed by atoms with E-state index in [-0.39, 0.29) is 6.10 Å².